The van der Waals surface area contributed by atoms with E-state index in [2.05, 4.69) is 31.4 Å². The van der Waals surface area contributed by atoms with Crippen molar-refractivity contribution in [3.8, 4) is 0 Å². The highest BCUT2D eigenvalue weighted by Crippen LogP contribution is 2.17. The fourth-order valence-corrected chi connectivity index (χ4v) is 1.30. The molecule has 0 heterocycles. The number of nitrogen functional groups attached to an aromatic ring is 1. The molecule has 0 saturated carbocycles. The van der Waals surface area contributed by atoms with Crippen LogP contribution in [0.15, 0.2) is 18.2 Å². The Labute approximate surface area is 94.2 Å². The second kappa shape index (κ2) is 7.47. The first-order valence-electron chi connectivity index (χ1n) is 4.96. The van der Waals surface area contributed by atoms with E-state index in [4.69, 9.17) is 21.2 Å². The summed E-state index contributed by atoms with van der Waals surface area (Å²) in [5.41, 5.74) is 6.39. The molecular formula is C10H17N3O3. The van der Waals surface area contributed by atoms with Crippen molar-refractivity contribution in [1.82, 2.24) is 0 Å². The Morgan fingerprint density at radius 1 is 1.44 bits per heavy atom. The number of hydrogen-bond acceptors (Lipinski definition) is 4. The molecular weight excluding hydrogens is 210 g/mol. The van der Waals surface area contributed by atoms with E-state index in [0.717, 1.165) is 18.5 Å². The zero-order valence-corrected chi connectivity index (χ0v) is 9.43. The molecule has 0 atom stereocenters. The van der Waals surface area contributed by atoms with E-state index < -0.39 is 5.09 Å². The monoisotopic (exact) mass is 227 g/mol. The minimum Gasteiger partial charge on any atom is -0.328 e. The van der Waals surface area contributed by atoms with Gasteiger partial charge in [-0.15, -0.1) is 10.1 Å². The fraction of sp³-hybridized carbons (Fsp3) is 0.400. The first kappa shape index (κ1) is 14.2. The lowest BCUT2D eigenvalue weighted by atomic mass is 10.1. The summed E-state index contributed by atoms with van der Waals surface area (Å²) in [5, 5.41) is 13.6. The number of anilines is 1. The molecule has 0 bridgehead atoms. The third kappa shape index (κ3) is 5.16. The molecule has 0 aromatic heterocycles. The fourth-order valence-electron chi connectivity index (χ4n) is 1.30. The standard InChI is InChI=1S/C10H16N2.HNO3/c1-3-8-5-6-10(12-11)9(4-2)7-8;2-1(3)4/h5-7,12H,3-4,11H2,1-2H3;(H,2,3,4). The van der Waals surface area contributed by atoms with Gasteiger partial charge in [0.05, 0.1) is 5.69 Å². The minimum atomic E-state index is -1.50. The SMILES string of the molecule is CCc1ccc(NN)c(CC)c1.O=[N+]([O-])O. The van der Waals surface area contributed by atoms with Crippen LogP contribution in [0.2, 0.25) is 0 Å². The van der Waals surface area contributed by atoms with E-state index >= 15 is 0 Å². The van der Waals surface area contributed by atoms with Crippen molar-refractivity contribution in [2.75, 3.05) is 5.43 Å². The van der Waals surface area contributed by atoms with Gasteiger partial charge in [0.15, 0.2) is 0 Å². The van der Waals surface area contributed by atoms with Gasteiger partial charge in [0.1, 0.15) is 0 Å². The zero-order chi connectivity index (χ0) is 12.6. The van der Waals surface area contributed by atoms with Crippen molar-refractivity contribution in [1.29, 1.82) is 0 Å². The predicted molar refractivity (Wildman–Crippen MR) is 61.8 cm³/mol. The molecule has 1 aromatic carbocycles. The number of nitrogens with one attached hydrogen (secondary N) is 1. The molecule has 1 rings (SSSR count). The Bertz CT molecular complexity index is 338. The van der Waals surface area contributed by atoms with Crippen molar-refractivity contribution < 1.29 is 10.3 Å². The minimum absolute atomic E-state index is 1.02. The number of nitrogens with two attached hydrogens (primary N) is 1. The molecule has 0 unspecified atom stereocenters. The first-order valence-corrected chi connectivity index (χ1v) is 4.96. The summed E-state index contributed by atoms with van der Waals surface area (Å²) in [6.45, 7) is 4.29. The largest absolute Gasteiger partial charge is 0.328 e. The van der Waals surface area contributed by atoms with Gasteiger partial charge >= 0.3 is 0 Å². The van der Waals surface area contributed by atoms with E-state index in [1.165, 1.54) is 11.1 Å². The molecule has 6 nitrogen and oxygen atoms in total. The Balaban J connectivity index is 0.000000487. The highest BCUT2D eigenvalue weighted by atomic mass is 16.9. The Kier molecular flexibility index (Phi) is 6.62. The van der Waals surface area contributed by atoms with Crippen LogP contribution in [0.3, 0.4) is 0 Å². The molecule has 0 aliphatic heterocycles. The first-order chi connectivity index (χ1) is 7.54. The van der Waals surface area contributed by atoms with E-state index in [0.29, 0.717) is 0 Å². The molecule has 0 spiro atoms. The highest BCUT2D eigenvalue weighted by Gasteiger charge is 1.98. The van der Waals surface area contributed by atoms with Gasteiger partial charge in [0.25, 0.3) is 5.09 Å². The van der Waals surface area contributed by atoms with Crippen LogP contribution in [0, 0.1) is 10.1 Å². The summed E-state index contributed by atoms with van der Waals surface area (Å²) in [4.78, 5) is 8.36. The Morgan fingerprint density at radius 3 is 2.38 bits per heavy atom. The maximum Gasteiger partial charge on any atom is 0.291 e. The molecule has 0 aliphatic rings. The van der Waals surface area contributed by atoms with Gasteiger partial charge in [0, 0.05) is 0 Å². The lowest BCUT2D eigenvalue weighted by molar-refractivity contribution is -0.742. The summed E-state index contributed by atoms with van der Waals surface area (Å²) in [6.07, 6.45) is 2.10. The molecule has 0 radical (unpaired) electrons. The van der Waals surface area contributed by atoms with Crippen molar-refractivity contribution in [3.63, 3.8) is 0 Å². The van der Waals surface area contributed by atoms with Gasteiger partial charge in [-0.2, -0.15) is 0 Å². The average Bonchev–Trinajstić information content (AvgIpc) is 2.27. The predicted octanol–water partition coefficient (Wildman–Crippen LogP) is 1.75. The van der Waals surface area contributed by atoms with Gasteiger partial charge < -0.3 is 10.6 Å². The number of nitrogens with zero attached hydrogens (tertiary/aromatic N) is 1. The molecule has 0 amide bonds. The van der Waals surface area contributed by atoms with Gasteiger partial charge in [-0.1, -0.05) is 26.0 Å². The van der Waals surface area contributed by atoms with Crippen molar-refractivity contribution >= 4 is 5.69 Å². The molecule has 16 heavy (non-hydrogen) atoms. The summed E-state index contributed by atoms with van der Waals surface area (Å²) in [5.74, 6) is 5.37. The summed E-state index contributed by atoms with van der Waals surface area (Å²) < 4.78 is 0. The van der Waals surface area contributed by atoms with Crippen LogP contribution in [-0.4, -0.2) is 10.3 Å². The van der Waals surface area contributed by atoms with Crippen LogP contribution in [0.4, 0.5) is 5.69 Å². The summed E-state index contributed by atoms with van der Waals surface area (Å²) >= 11 is 0. The molecule has 90 valence electrons. The summed E-state index contributed by atoms with van der Waals surface area (Å²) in [6, 6.07) is 6.35. The van der Waals surface area contributed by atoms with Crippen molar-refractivity contribution in [3.05, 3.63) is 39.4 Å². The number of benzene rings is 1. The smallest absolute Gasteiger partial charge is 0.291 e. The third-order valence-electron chi connectivity index (χ3n) is 2.11. The molecule has 0 fully saturated rings. The van der Waals surface area contributed by atoms with E-state index in [9.17, 15) is 0 Å². The molecule has 4 N–H and O–H groups in total. The van der Waals surface area contributed by atoms with Crippen LogP contribution in [0.25, 0.3) is 0 Å². The molecule has 0 aliphatic carbocycles. The number of hydrazine groups is 1. The molecule has 0 saturated heterocycles. The maximum atomic E-state index is 8.36. The third-order valence-corrected chi connectivity index (χ3v) is 2.11. The second-order valence-corrected chi connectivity index (χ2v) is 3.08. The number of rotatable bonds is 3. The quantitative estimate of drug-likeness (QED) is 0.415. The Hall–Kier alpha value is -1.82. The van der Waals surface area contributed by atoms with E-state index in [1.807, 2.05) is 6.07 Å². The van der Waals surface area contributed by atoms with Crippen LogP contribution in [-0.2, 0) is 12.8 Å². The van der Waals surface area contributed by atoms with Crippen molar-refractivity contribution in [2.24, 2.45) is 5.84 Å². The van der Waals surface area contributed by atoms with Crippen LogP contribution in [0.5, 0.6) is 0 Å². The lowest BCUT2D eigenvalue weighted by Gasteiger charge is -2.08. The van der Waals surface area contributed by atoms with Gasteiger partial charge in [-0.05, 0) is 30.0 Å². The number of aryl methyl sites for hydroxylation is 2. The normalized spacial score (nSPS) is 8.94. The lowest BCUT2D eigenvalue weighted by Crippen LogP contribution is -2.09. The van der Waals surface area contributed by atoms with Gasteiger partial charge in [-0.3, -0.25) is 5.84 Å². The van der Waals surface area contributed by atoms with Crippen molar-refractivity contribution in [2.45, 2.75) is 26.7 Å². The van der Waals surface area contributed by atoms with Gasteiger partial charge in [0.2, 0.25) is 0 Å². The maximum absolute atomic E-state index is 8.36. The second-order valence-electron chi connectivity index (χ2n) is 3.08. The summed E-state index contributed by atoms with van der Waals surface area (Å²) in [7, 11) is 0. The van der Waals surface area contributed by atoms with E-state index in [1.54, 1.807) is 0 Å². The molecule has 6 heteroatoms. The zero-order valence-electron chi connectivity index (χ0n) is 9.43. The molecule has 1 aromatic rings. The average molecular weight is 227 g/mol. The van der Waals surface area contributed by atoms with Crippen LogP contribution < -0.4 is 11.3 Å². The van der Waals surface area contributed by atoms with Crippen LogP contribution in [0.1, 0.15) is 25.0 Å². The Morgan fingerprint density at radius 2 is 2.00 bits per heavy atom. The van der Waals surface area contributed by atoms with Gasteiger partial charge in [-0.25, -0.2) is 0 Å². The van der Waals surface area contributed by atoms with Crippen LogP contribution >= 0.6 is 0 Å². The topological polar surface area (TPSA) is 101 Å². The number of hydrogen-bond donors (Lipinski definition) is 3. The highest BCUT2D eigenvalue weighted by molar-refractivity contribution is 5.51. The van der Waals surface area contributed by atoms with E-state index in [-0.39, 0.29) is 0 Å².